The molecule has 2 aromatic carbocycles. The Bertz CT molecular complexity index is 986. The molecule has 0 unspecified atom stereocenters. The van der Waals surface area contributed by atoms with E-state index < -0.39 is 0 Å². The van der Waals surface area contributed by atoms with Crippen molar-refractivity contribution >= 4 is 32.6 Å². The fourth-order valence-corrected chi connectivity index (χ4v) is 4.55. The predicted molar refractivity (Wildman–Crippen MR) is 113 cm³/mol. The number of carbonyl (C=O) groups is 1. The molecule has 4 nitrogen and oxygen atoms in total. The van der Waals surface area contributed by atoms with E-state index in [1.54, 1.807) is 11.3 Å². The molecule has 4 rings (SSSR count). The highest BCUT2D eigenvalue weighted by molar-refractivity contribution is 7.22. The molecule has 3 aromatic rings. The maximum Gasteiger partial charge on any atom is 0.253 e. The first-order valence-corrected chi connectivity index (χ1v) is 10.4. The Morgan fingerprint density at radius 3 is 2.52 bits per heavy atom. The number of anilines is 1. The fourth-order valence-electron chi connectivity index (χ4n) is 3.47. The zero-order chi connectivity index (χ0) is 19.0. The smallest absolute Gasteiger partial charge is 0.253 e. The third-order valence-electron chi connectivity index (χ3n) is 5.44. The van der Waals surface area contributed by atoms with Crippen molar-refractivity contribution in [3.05, 3.63) is 58.7 Å². The first kappa shape index (κ1) is 18.0. The average molecular weight is 380 g/mol. The molecular weight excluding hydrogens is 354 g/mol. The van der Waals surface area contributed by atoms with Gasteiger partial charge >= 0.3 is 0 Å². The minimum absolute atomic E-state index is 0.134. The van der Waals surface area contributed by atoms with E-state index in [1.807, 2.05) is 23.1 Å². The molecule has 1 fully saturated rings. The van der Waals surface area contributed by atoms with Crippen molar-refractivity contribution in [3.63, 3.8) is 0 Å². The van der Waals surface area contributed by atoms with Gasteiger partial charge in [-0.05, 0) is 61.2 Å². The van der Waals surface area contributed by atoms with Gasteiger partial charge in [0.25, 0.3) is 5.91 Å². The van der Waals surface area contributed by atoms with Gasteiger partial charge in [0, 0.05) is 31.7 Å². The molecule has 1 saturated heterocycles. The second-order valence-electron chi connectivity index (χ2n) is 7.23. The molecular formula is C22H25N3OS. The number of benzene rings is 2. The molecule has 140 valence electrons. The summed E-state index contributed by atoms with van der Waals surface area (Å²) in [5, 5.41) is 1.07. The number of thiazole rings is 1. The summed E-state index contributed by atoms with van der Waals surface area (Å²) in [4.78, 5) is 21.9. The molecule has 0 spiro atoms. The lowest BCUT2D eigenvalue weighted by atomic mass is 10.1. The van der Waals surface area contributed by atoms with Gasteiger partial charge in [-0.15, -0.1) is 0 Å². The number of rotatable bonds is 3. The van der Waals surface area contributed by atoms with Crippen molar-refractivity contribution in [2.45, 2.75) is 27.2 Å². The van der Waals surface area contributed by atoms with Crippen LogP contribution in [0.25, 0.3) is 10.2 Å². The highest BCUT2D eigenvalue weighted by Crippen LogP contribution is 2.30. The number of fused-ring (bicyclic) bond motifs is 1. The Balaban J connectivity index is 1.45. The number of hydrogen-bond donors (Lipinski definition) is 0. The van der Waals surface area contributed by atoms with Crippen LogP contribution in [0.3, 0.4) is 0 Å². The summed E-state index contributed by atoms with van der Waals surface area (Å²) < 4.78 is 1.25. The number of piperazine rings is 1. The van der Waals surface area contributed by atoms with E-state index in [0.717, 1.165) is 48.8 Å². The van der Waals surface area contributed by atoms with Crippen molar-refractivity contribution in [1.29, 1.82) is 0 Å². The van der Waals surface area contributed by atoms with E-state index in [4.69, 9.17) is 4.98 Å². The minimum atomic E-state index is 0.134. The Labute approximate surface area is 164 Å². The van der Waals surface area contributed by atoms with Gasteiger partial charge in [-0.2, -0.15) is 0 Å². The monoisotopic (exact) mass is 379 g/mol. The summed E-state index contributed by atoms with van der Waals surface area (Å²) in [6, 6.07) is 12.5. The molecule has 1 amide bonds. The van der Waals surface area contributed by atoms with Crippen LogP contribution in [0.4, 0.5) is 5.13 Å². The minimum Gasteiger partial charge on any atom is -0.345 e. The molecule has 0 atom stereocenters. The van der Waals surface area contributed by atoms with Crippen LogP contribution in [-0.2, 0) is 6.42 Å². The number of amides is 1. The van der Waals surface area contributed by atoms with Crippen LogP contribution in [0, 0.1) is 13.8 Å². The van der Waals surface area contributed by atoms with Crippen LogP contribution in [-0.4, -0.2) is 42.0 Å². The summed E-state index contributed by atoms with van der Waals surface area (Å²) in [5.74, 6) is 0.134. The van der Waals surface area contributed by atoms with Crippen LogP contribution in [0.15, 0.2) is 36.4 Å². The molecule has 0 radical (unpaired) electrons. The largest absolute Gasteiger partial charge is 0.345 e. The zero-order valence-corrected chi connectivity index (χ0v) is 17.0. The van der Waals surface area contributed by atoms with Crippen LogP contribution >= 0.6 is 11.3 Å². The summed E-state index contributed by atoms with van der Waals surface area (Å²) in [5.41, 5.74) is 5.60. The molecule has 0 aliphatic carbocycles. The van der Waals surface area contributed by atoms with Gasteiger partial charge in [0.1, 0.15) is 0 Å². The lowest BCUT2D eigenvalue weighted by molar-refractivity contribution is 0.0746. The van der Waals surface area contributed by atoms with E-state index in [1.165, 1.54) is 21.4 Å². The SMILES string of the molecule is CCc1ccc2nc(N3CCN(C(=O)c4ccc(C)c(C)c4)CC3)sc2c1. The second-order valence-corrected chi connectivity index (χ2v) is 8.24. The summed E-state index contributed by atoms with van der Waals surface area (Å²) in [7, 11) is 0. The highest BCUT2D eigenvalue weighted by Gasteiger charge is 2.24. The van der Waals surface area contributed by atoms with Crippen molar-refractivity contribution in [1.82, 2.24) is 9.88 Å². The molecule has 27 heavy (non-hydrogen) atoms. The Kier molecular flexibility index (Phi) is 4.87. The maximum absolute atomic E-state index is 12.8. The quantitative estimate of drug-likeness (QED) is 0.675. The lowest BCUT2D eigenvalue weighted by Gasteiger charge is -2.34. The first-order chi connectivity index (χ1) is 13.0. The van der Waals surface area contributed by atoms with Crippen LogP contribution in [0.5, 0.6) is 0 Å². The van der Waals surface area contributed by atoms with E-state index in [-0.39, 0.29) is 5.91 Å². The number of carbonyl (C=O) groups excluding carboxylic acids is 1. The van der Waals surface area contributed by atoms with Crippen molar-refractivity contribution in [3.8, 4) is 0 Å². The highest BCUT2D eigenvalue weighted by atomic mass is 32.1. The third kappa shape index (κ3) is 3.56. The standard InChI is InChI=1S/C22H25N3OS/c1-4-17-6-8-19-20(14-17)27-22(23-19)25-11-9-24(10-12-25)21(26)18-7-5-15(2)16(3)13-18/h5-8,13-14H,4,9-12H2,1-3H3. The third-order valence-corrected chi connectivity index (χ3v) is 6.52. The number of aryl methyl sites for hydroxylation is 3. The van der Waals surface area contributed by atoms with Gasteiger partial charge in [0.15, 0.2) is 5.13 Å². The Hall–Kier alpha value is -2.40. The molecule has 5 heteroatoms. The molecule has 0 saturated carbocycles. The number of hydrogen-bond acceptors (Lipinski definition) is 4. The molecule has 2 heterocycles. The molecule has 1 aliphatic rings. The fraction of sp³-hybridized carbons (Fsp3) is 0.364. The first-order valence-electron chi connectivity index (χ1n) is 9.56. The number of aromatic nitrogens is 1. The van der Waals surface area contributed by atoms with Crippen molar-refractivity contribution in [2.24, 2.45) is 0 Å². The molecule has 0 bridgehead atoms. The molecule has 0 N–H and O–H groups in total. The average Bonchev–Trinajstić information content (AvgIpc) is 3.13. The van der Waals surface area contributed by atoms with E-state index in [0.29, 0.717) is 0 Å². The normalized spacial score (nSPS) is 14.8. The van der Waals surface area contributed by atoms with Crippen LogP contribution in [0.2, 0.25) is 0 Å². The van der Waals surface area contributed by atoms with Crippen LogP contribution in [0.1, 0.15) is 34.0 Å². The Morgan fingerprint density at radius 1 is 1.04 bits per heavy atom. The van der Waals surface area contributed by atoms with Gasteiger partial charge in [-0.25, -0.2) is 4.98 Å². The van der Waals surface area contributed by atoms with Gasteiger partial charge in [0.2, 0.25) is 0 Å². The summed E-state index contributed by atoms with van der Waals surface area (Å²) >= 11 is 1.75. The van der Waals surface area contributed by atoms with E-state index in [2.05, 4.69) is 43.9 Å². The maximum atomic E-state index is 12.8. The van der Waals surface area contributed by atoms with Gasteiger partial charge in [-0.3, -0.25) is 4.79 Å². The summed E-state index contributed by atoms with van der Waals surface area (Å²) in [6.45, 7) is 9.44. The van der Waals surface area contributed by atoms with Crippen molar-refractivity contribution < 1.29 is 4.79 Å². The van der Waals surface area contributed by atoms with Crippen LogP contribution < -0.4 is 4.90 Å². The lowest BCUT2D eigenvalue weighted by Crippen LogP contribution is -2.48. The topological polar surface area (TPSA) is 36.4 Å². The van der Waals surface area contributed by atoms with Gasteiger partial charge in [-0.1, -0.05) is 30.4 Å². The predicted octanol–water partition coefficient (Wildman–Crippen LogP) is 4.44. The van der Waals surface area contributed by atoms with Gasteiger partial charge in [0.05, 0.1) is 10.2 Å². The summed E-state index contributed by atoms with van der Waals surface area (Å²) in [6.07, 6.45) is 1.04. The molecule has 1 aliphatic heterocycles. The number of nitrogens with zero attached hydrogens (tertiary/aromatic N) is 3. The molecule has 1 aromatic heterocycles. The Morgan fingerprint density at radius 2 is 1.81 bits per heavy atom. The van der Waals surface area contributed by atoms with Crippen molar-refractivity contribution in [2.75, 3.05) is 31.1 Å². The zero-order valence-electron chi connectivity index (χ0n) is 16.2. The van der Waals surface area contributed by atoms with E-state index in [9.17, 15) is 4.79 Å². The second kappa shape index (κ2) is 7.31. The van der Waals surface area contributed by atoms with Gasteiger partial charge < -0.3 is 9.80 Å². The van der Waals surface area contributed by atoms with E-state index >= 15 is 0 Å².